The summed E-state index contributed by atoms with van der Waals surface area (Å²) >= 11 is 0. The van der Waals surface area contributed by atoms with Gasteiger partial charge in [0.05, 0.1) is 32.0 Å². The Morgan fingerprint density at radius 3 is 2.19 bits per heavy atom. The molecule has 0 saturated carbocycles. The first-order valence-electron chi connectivity index (χ1n) is 8.43. The van der Waals surface area contributed by atoms with Gasteiger partial charge in [0.15, 0.2) is 0 Å². The van der Waals surface area contributed by atoms with E-state index in [1.807, 2.05) is 0 Å². The summed E-state index contributed by atoms with van der Waals surface area (Å²) in [6.07, 6.45) is -0.643. The minimum absolute atomic E-state index is 0.0210. The minimum Gasteiger partial charge on any atom is -0.466 e. The van der Waals surface area contributed by atoms with E-state index < -0.39 is 48.0 Å². The third-order valence-electron chi connectivity index (χ3n) is 3.58. The maximum atomic E-state index is 12.9. The first kappa shape index (κ1) is 22.1. The molecular formula is C18H23FN2O6. The zero-order valence-electron chi connectivity index (χ0n) is 15.2. The summed E-state index contributed by atoms with van der Waals surface area (Å²) in [6.45, 7) is 3.26. The van der Waals surface area contributed by atoms with Gasteiger partial charge in [0, 0.05) is 0 Å². The molecule has 8 nitrogen and oxygen atoms in total. The summed E-state index contributed by atoms with van der Waals surface area (Å²) in [5.74, 6) is -4.97. The van der Waals surface area contributed by atoms with Gasteiger partial charge < -0.3 is 20.5 Å². The van der Waals surface area contributed by atoms with Crippen LogP contribution in [0, 0.1) is 11.7 Å². The number of ether oxygens (including phenoxy) is 2. The van der Waals surface area contributed by atoms with Crippen LogP contribution in [0.1, 0.15) is 25.8 Å². The molecule has 3 N–H and O–H groups in total. The van der Waals surface area contributed by atoms with Gasteiger partial charge in [-0.05, 0) is 31.5 Å². The Balaban J connectivity index is 2.92. The molecular weight excluding hydrogens is 359 g/mol. The van der Waals surface area contributed by atoms with E-state index in [1.165, 1.54) is 24.3 Å². The summed E-state index contributed by atoms with van der Waals surface area (Å²) in [5.41, 5.74) is 5.82. The number of hydrogen-bond donors (Lipinski definition) is 2. The third kappa shape index (κ3) is 7.43. The van der Waals surface area contributed by atoms with Gasteiger partial charge in [0.1, 0.15) is 11.9 Å². The highest BCUT2D eigenvalue weighted by Gasteiger charge is 2.37. The molecule has 0 aliphatic heterocycles. The molecule has 0 bridgehead atoms. The molecule has 0 saturated heterocycles. The number of primary amides is 1. The SMILES string of the molecule is CCOC(=O)C[C@@H](C(=O)OCC)[C@H](NC(=O)Cc1ccc(F)cc1)C(N)=O. The molecule has 0 aliphatic rings. The fraction of sp³-hybridized carbons (Fsp3) is 0.444. The van der Waals surface area contributed by atoms with Crippen LogP contribution in [0.4, 0.5) is 4.39 Å². The van der Waals surface area contributed by atoms with Crippen molar-refractivity contribution in [1.82, 2.24) is 5.32 Å². The topological polar surface area (TPSA) is 125 Å². The van der Waals surface area contributed by atoms with E-state index in [9.17, 15) is 23.6 Å². The molecule has 0 aromatic heterocycles. The van der Waals surface area contributed by atoms with Crippen LogP contribution in [0.2, 0.25) is 0 Å². The zero-order chi connectivity index (χ0) is 20.4. The van der Waals surface area contributed by atoms with Crippen LogP contribution >= 0.6 is 0 Å². The number of nitrogens with one attached hydrogen (secondary N) is 1. The molecule has 2 amide bonds. The van der Waals surface area contributed by atoms with Gasteiger partial charge in [-0.1, -0.05) is 12.1 Å². The summed E-state index contributed by atoms with van der Waals surface area (Å²) < 4.78 is 22.6. The lowest BCUT2D eigenvalue weighted by Crippen LogP contribution is -2.52. The standard InChI is InChI=1S/C18H23FN2O6/c1-3-26-15(23)10-13(18(25)27-4-2)16(17(20)24)21-14(22)9-11-5-7-12(19)8-6-11/h5-8,13,16H,3-4,9-10H2,1-2H3,(H2,20,24)(H,21,22)/t13-,16+/m1/s1. The van der Waals surface area contributed by atoms with Crippen molar-refractivity contribution < 1.29 is 33.0 Å². The normalized spacial score (nSPS) is 12.6. The fourth-order valence-corrected chi connectivity index (χ4v) is 2.37. The Morgan fingerprint density at radius 2 is 1.67 bits per heavy atom. The van der Waals surface area contributed by atoms with Crippen LogP contribution in [0.15, 0.2) is 24.3 Å². The van der Waals surface area contributed by atoms with Crippen molar-refractivity contribution in [2.75, 3.05) is 13.2 Å². The molecule has 27 heavy (non-hydrogen) atoms. The molecule has 1 aromatic carbocycles. The summed E-state index contributed by atoms with van der Waals surface area (Å²) in [6, 6.07) is 3.75. The van der Waals surface area contributed by atoms with E-state index in [0.717, 1.165) is 0 Å². The van der Waals surface area contributed by atoms with E-state index >= 15 is 0 Å². The van der Waals surface area contributed by atoms with Gasteiger partial charge in [0.2, 0.25) is 11.8 Å². The van der Waals surface area contributed by atoms with Crippen molar-refractivity contribution in [3.63, 3.8) is 0 Å². The van der Waals surface area contributed by atoms with Gasteiger partial charge in [0.25, 0.3) is 0 Å². The first-order valence-corrected chi connectivity index (χ1v) is 8.43. The average Bonchev–Trinajstić information content (AvgIpc) is 2.60. The van der Waals surface area contributed by atoms with Crippen molar-refractivity contribution >= 4 is 23.8 Å². The number of benzene rings is 1. The summed E-state index contributed by atoms with van der Waals surface area (Å²) in [5, 5.41) is 2.35. The Hall–Kier alpha value is -2.97. The Morgan fingerprint density at radius 1 is 1.07 bits per heavy atom. The van der Waals surface area contributed by atoms with Crippen molar-refractivity contribution in [2.45, 2.75) is 32.7 Å². The fourth-order valence-electron chi connectivity index (χ4n) is 2.37. The first-order chi connectivity index (χ1) is 12.8. The second-order valence-corrected chi connectivity index (χ2v) is 5.62. The molecule has 148 valence electrons. The predicted molar refractivity (Wildman–Crippen MR) is 92.6 cm³/mol. The maximum Gasteiger partial charge on any atom is 0.312 e. The van der Waals surface area contributed by atoms with Gasteiger partial charge in [-0.15, -0.1) is 0 Å². The van der Waals surface area contributed by atoms with E-state index in [-0.39, 0.29) is 19.6 Å². The van der Waals surface area contributed by atoms with Crippen LogP contribution in [0.5, 0.6) is 0 Å². The third-order valence-corrected chi connectivity index (χ3v) is 3.58. The van der Waals surface area contributed by atoms with Crippen LogP contribution in [0.25, 0.3) is 0 Å². The Labute approximate surface area is 156 Å². The molecule has 1 rings (SSSR count). The van der Waals surface area contributed by atoms with Crippen LogP contribution in [-0.4, -0.2) is 43.0 Å². The molecule has 9 heteroatoms. The van der Waals surface area contributed by atoms with Gasteiger partial charge in [-0.2, -0.15) is 0 Å². The number of nitrogens with two attached hydrogens (primary N) is 1. The van der Waals surface area contributed by atoms with Crippen molar-refractivity contribution in [2.24, 2.45) is 11.7 Å². The van der Waals surface area contributed by atoms with Gasteiger partial charge >= 0.3 is 11.9 Å². The number of carbonyl (C=O) groups is 4. The Bertz CT molecular complexity index is 677. The smallest absolute Gasteiger partial charge is 0.312 e. The molecule has 0 fully saturated rings. The van der Waals surface area contributed by atoms with E-state index in [2.05, 4.69) is 5.32 Å². The van der Waals surface area contributed by atoms with E-state index in [1.54, 1.807) is 13.8 Å². The highest BCUT2D eigenvalue weighted by Crippen LogP contribution is 2.14. The van der Waals surface area contributed by atoms with Crippen LogP contribution < -0.4 is 11.1 Å². The number of amides is 2. The maximum absolute atomic E-state index is 12.9. The monoisotopic (exact) mass is 382 g/mol. The quantitative estimate of drug-likeness (QED) is 0.567. The largest absolute Gasteiger partial charge is 0.466 e. The minimum atomic E-state index is -1.46. The van der Waals surface area contributed by atoms with E-state index in [0.29, 0.717) is 5.56 Å². The van der Waals surface area contributed by atoms with Gasteiger partial charge in [-0.3, -0.25) is 19.2 Å². The summed E-state index contributed by atoms with van der Waals surface area (Å²) in [4.78, 5) is 48.0. The highest BCUT2D eigenvalue weighted by molar-refractivity contribution is 5.93. The lowest BCUT2D eigenvalue weighted by Gasteiger charge is -2.23. The molecule has 0 aliphatic carbocycles. The zero-order valence-corrected chi connectivity index (χ0v) is 15.2. The van der Waals surface area contributed by atoms with Crippen molar-refractivity contribution in [3.05, 3.63) is 35.6 Å². The number of halogens is 1. The van der Waals surface area contributed by atoms with Crippen LogP contribution in [-0.2, 0) is 35.1 Å². The lowest BCUT2D eigenvalue weighted by molar-refractivity contribution is -0.157. The predicted octanol–water partition coefficient (Wildman–Crippen LogP) is 0.471. The number of hydrogen-bond acceptors (Lipinski definition) is 6. The molecule has 1 aromatic rings. The second kappa shape index (κ2) is 10.9. The lowest BCUT2D eigenvalue weighted by atomic mass is 9.95. The molecule has 0 radical (unpaired) electrons. The van der Waals surface area contributed by atoms with Gasteiger partial charge in [-0.25, -0.2) is 4.39 Å². The average molecular weight is 382 g/mol. The Kier molecular flexibility index (Phi) is 8.91. The van der Waals surface area contributed by atoms with Crippen molar-refractivity contribution in [3.8, 4) is 0 Å². The molecule has 0 heterocycles. The molecule has 0 spiro atoms. The van der Waals surface area contributed by atoms with Crippen LogP contribution in [0.3, 0.4) is 0 Å². The second-order valence-electron chi connectivity index (χ2n) is 5.62. The summed E-state index contributed by atoms with van der Waals surface area (Å²) in [7, 11) is 0. The number of esters is 2. The number of carbonyl (C=O) groups excluding carboxylic acids is 4. The molecule has 2 atom stereocenters. The van der Waals surface area contributed by atoms with Crippen molar-refractivity contribution in [1.29, 1.82) is 0 Å². The number of rotatable bonds is 10. The highest BCUT2D eigenvalue weighted by atomic mass is 19.1. The molecule has 0 unspecified atom stereocenters. The van der Waals surface area contributed by atoms with E-state index in [4.69, 9.17) is 15.2 Å².